The number of ether oxygens (including phenoxy) is 1. The van der Waals surface area contributed by atoms with Crippen molar-refractivity contribution in [1.82, 2.24) is 9.40 Å². The largest absolute Gasteiger partial charge is 0.497 e. The summed E-state index contributed by atoms with van der Waals surface area (Å²) in [7, 11) is -2.55. The highest BCUT2D eigenvalue weighted by atomic mass is 79.9. The first kappa shape index (κ1) is 26.0. The third-order valence-electron chi connectivity index (χ3n) is 6.99. The maximum Gasteiger partial charge on any atom is 0.279 e. The molecule has 0 saturated carbocycles. The zero-order valence-corrected chi connectivity index (χ0v) is 23.8. The van der Waals surface area contributed by atoms with E-state index in [2.05, 4.69) is 26.0 Å². The van der Waals surface area contributed by atoms with Crippen LogP contribution in [0.15, 0.2) is 122 Å². The maximum absolute atomic E-state index is 14.0. The van der Waals surface area contributed by atoms with Crippen molar-refractivity contribution in [2.45, 2.75) is 17.4 Å². The number of rotatable bonds is 6. The average Bonchev–Trinajstić information content (AvgIpc) is 3.44. The number of aromatic nitrogens is 1. The van der Waals surface area contributed by atoms with E-state index in [9.17, 15) is 13.2 Å². The lowest BCUT2D eigenvalue weighted by Crippen LogP contribution is -2.27. The third kappa shape index (κ3) is 4.61. The molecule has 1 N–H and O–H groups in total. The number of H-pyrrole nitrogens is 1. The van der Waals surface area contributed by atoms with Crippen LogP contribution < -0.4 is 10.3 Å². The average molecular weight is 615 g/mol. The molecule has 0 saturated heterocycles. The van der Waals surface area contributed by atoms with Crippen LogP contribution in [0.2, 0.25) is 0 Å². The van der Waals surface area contributed by atoms with Gasteiger partial charge in [0.05, 0.1) is 29.3 Å². The minimum absolute atomic E-state index is 0.0823. The van der Waals surface area contributed by atoms with Crippen molar-refractivity contribution in [3.8, 4) is 16.9 Å². The predicted molar refractivity (Wildman–Crippen MR) is 160 cm³/mol. The maximum atomic E-state index is 14.0. The molecule has 0 amide bonds. The fourth-order valence-electron chi connectivity index (χ4n) is 5.09. The standard InChI is InChI=1S/C31H24BrN3O4S/c1-39-23-13-15-24(16-14-23)40(37,38)35-28(20-8-4-2-5-9-20)19-27(34-35)30-29(21-10-6-3-7-11-21)25-18-22(32)12-17-26(25)33-31(30)36/h2-18,28H,19H2,1H3,(H,33,36)/t28-/m1/s1. The van der Waals surface area contributed by atoms with Gasteiger partial charge in [-0.2, -0.15) is 17.9 Å². The van der Waals surface area contributed by atoms with E-state index >= 15 is 0 Å². The molecule has 5 aromatic rings. The van der Waals surface area contributed by atoms with Crippen LogP contribution in [0.25, 0.3) is 22.0 Å². The highest BCUT2D eigenvalue weighted by Gasteiger charge is 2.39. The number of methoxy groups -OCH3 is 1. The summed E-state index contributed by atoms with van der Waals surface area (Å²) in [5, 5.41) is 5.51. The fraction of sp³-hybridized carbons (Fsp3) is 0.0968. The van der Waals surface area contributed by atoms with Crippen molar-refractivity contribution in [2.24, 2.45) is 5.10 Å². The number of aromatic amines is 1. The van der Waals surface area contributed by atoms with Gasteiger partial charge in [0.1, 0.15) is 5.75 Å². The third-order valence-corrected chi connectivity index (χ3v) is 9.18. The highest BCUT2D eigenvalue weighted by Crippen LogP contribution is 2.40. The van der Waals surface area contributed by atoms with Gasteiger partial charge in [0, 0.05) is 27.4 Å². The summed E-state index contributed by atoms with van der Waals surface area (Å²) in [6.07, 6.45) is 0.224. The van der Waals surface area contributed by atoms with Crippen LogP contribution in [0.5, 0.6) is 5.75 Å². The Morgan fingerprint density at radius 2 is 1.57 bits per heavy atom. The number of hydrogen-bond donors (Lipinski definition) is 1. The summed E-state index contributed by atoms with van der Waals surface area (Å²) in [6.45, 7) is 0. The van der Waals surface area contributed by atoms with Gasteiger partial charge in [-0.05, 0) is 53.6 Å². The van der Waals surface area contributed by atoms with E-state index in [1.54, 1.807) is 12.1 Å². The summed E-state index contributed by atoms with van der Waals surface area (Å²) < 4.78 is 35.2. The quantitative estimate of drug-likeness (QED) is 0.236. The molecule has 6 rings (SSSR count). The van der Waals surface area contributed by atoms with Gasteiger partial charge in [0.25, 0.3) is 15.6 Å². The summed E-state index contributed by atoms with van der Waals surface area (Å²) in [6, 6.07) is 30.2. The van der Waals surface area contributed by atoms with Gasteiger partial charge in [-0.15, -0.1) is 0 Å². The fourth-order valence-corrected chi connectivity index (χ4v) is 6.88. The monoisotopic (exact) mass is 613 g/mol. The van der Waals surface area contributed by atoms with Crippen molar-refractivity contribution in [3.63, 3.8) is 0 Å². The van der Waals surface area contributed by atoms with Crippen LogP contribution in [-0.4, -0.2) is 30.6 Å². The van der Waals surface area contributed by atoms with Crippen LogP contribution in [0.1, 0.15) is 23.6 Å². The molecule has 0 radical (unpaired) electrons. The number of nitrogens with one attached hydrogen (secondary N) is 1. The zero-order valence-electron chi connectivity index (χ0n) is 21.4. The lowest BCUT2D eigenvalue weighted by molar-refractivity contribution is 0.371. The molecule has 1 atom stereocenters. The number of benzene rings is 4. The van der Waals surface area contributed by atoms with Gasteiger partial charge in [-0.25, -0.2) is 0 Å². The van der Waals surface area contributed by atoms with Gasteiger partial charge in [0.15, 0.2) is 0 Å². The molecule has 1 aliphatic rings. The molecule has 0 bridgehead atoms. The van der Waals surface area contributed by atoms with E-state index in [1.807, 2.05) is 78.9 Å². The van der Waals surface area contributed by atoms with Gasteiger partial charge in [-0.1, -0.05) is 76.6 Å². The minimum atomic E-state index is -4.07. The molecule has 1 aliphatic heterocycles. The van der Waals surface area contributed by atoms with E-state index in [4.69, 9.17) is 4.74 Å². The molecular weight excluding hydrogens is 590 g/mol. The Morgan fingerprint density at radius 1 is 0.900 bits per heavy atom. The Hall–Kier alpha value is -4.21. The lowest BCUT2D eigenvalue weighted by Gasteiger charge is -2.23. The molecule has 40 heavy (non-hydrogen) atoms. The summed E-state index contributed by atoms with van der Waals surface area (Å²) in [5.74, 6) is 0.547. The predicted octanol–water partition coefficient (Wildman–Crippen LogP) is 6.51. The van der Waals surface area contributed by atoms with Crippen molar-refractivity contribution in [1.29, 1.82) is 0 Å². The molecule has 2 heterocycles. The van der Waals surface area contributed by atoms with Crippen LogP contribution in [0.3, 0.4) is 0 Å². The van der Waals surface area contributed by atoms with Crippen molar-refractivity contribution < 1.29 is 13.2 Å². The molecule has 9 heteroatoms. The molecule has 0 spiro atoms. The summed E-state index contributed by atoms with van der Waals surface area (Å²) in [4.78, 5) is 16.8. The van der Waals surface area contributed by atoms with E-state index in [1.165, 1.54) is 19.2 Å². The molecule has 200 valence electrons. The number of fused-ring (bicyclic) bond motifs is 1. The van der Waals surface area contributed by atoms with Gasteiger partial charge in [-0.3, -0.25) is 4.79 Å². The van der Waals surface area contributed by atoms with E-state index in [-0.39, 0.29) is 16.9 Å². The SMILES string of the molecule is COc1ccc(S(=O)(=O)N2N=C(c3c(-c4ccccc4)c4cc(Br)ccc4[nH]c3=O)C[C@@H]2c2ccccc2)cc1. The second-order valence-corrected chi connectivity index (χ2v) is 12.1. The van der Waals surface area contributed by atoms with Crippen LogP contribution in [-0.2, 0) is 10.0 Å². The number of hydrazone groups is 1. The highest BCUT2D eigenvalue weighted by molar-refractivity contribution is 9.10. The molecule has 4 aromatic carbocycles. The van der Waals surface area contributed by atoms with Crippen molar-refractivity contribution in [2.75, 3.05) is 7.11 Å². The Bertz CT molecular complexity index is 1910. The van der Waals surface area contributed by atoms with Gasteiger partial charge < -0.3 is 9.72 Å². The van der Waals surface area contributed by atoms with E-state index < -0.39 is 16.1 Å². The number of halogens is 1. The molecule has 0 aliphatic carbocycles. The first-order valence-corrected chi connectivity index (χ1v) is 14.8. The van der Waals surface area contributed by atoms with E-state index in [0.29, 0.717) is 28.1 Å². The van der Waals surface area contributed by atoms with Crippen LogP contribution in [0, 0.1) is 0 Å². The van der Waals surface area contributed by atoms with Crippen LogP contribution in [0.4, 0.5) is 0 Å². The molecule has 0 fully saturated rings. The Labute approximate surface area is 239 Å². The number of sulfonamides is 1. The Morgan fingerprint density at radius 3 is 2.25 bits per heavy atom. The Balaban J connectivity index is 1.58. The van der Waals surface area contributed by atoms with Crippen molar-refractivity contribution >= 4 is 42.6 Å². The minimum Gasteiger partial charge on any atom is -0.497 e. The van der Waals surface area contributed by atoms with Gasteiger partial charge >= 0.3 is 0 Å². The van der Waals surface area contributed by atoms with Crippen LogP contribution >= 0.6 is 15.9 Å². The van der Waals surface area contributed by atoms with E-state index in [0.717, 1.165) is 25.4 Å². The normalized spacial score (nSPS) is 15.3. The molecule has 7 nitrogen and oxygen atoms in total. The van der Waals surface area contributed by atoms with Gasteiger partial charge in [0.2, 0.25) is 0 Å². The zero-order chi connectivity index (χ0) is 27.9. The van der Waals surface area contributed by atoms with Crippen molar-refractivity contribution in [3.05, 3.63) is 129 Å². The molecule has 1 aromatic heterocycles. The summed E-state index contributed by atoms with van der Waals surface area (Å²) >= 11 is 3.56. The summed E-state index contributed by atoms with van der Waals surface area (Å²) in [5.41, 5.74) is 3.41. The first-order valence-electron chi connectivity index (χ1n) is 12.6. The Kier molecular flexibility index (Phi) is 6.77. The smallest absolute Gasteiger partial charge is 0.279 e. The molecular formula is C31H24BrN3O4S. The lowest BCUT2D eigenvalue weighted by atomic mass is 9.91. The number of hydrogen-bond acceptors (Lipinski definition) is 5. The number of nitrogens with zero attached hydrogens (tertiary/aromatic N) is 2. The second-order valence-electron chi connectivity index (χ2n) is 9.39. The number of pyridine rings is 1. The first-order chi connectivity index (χ1) is 19.4. The second kappa shape index (κ2) is 10.4. The topological polar surface area (TPSA) is 91.8 Å². The molecule has 0 unspecified atom stereocenters.